The second kappa shape index (κ2) is 10.4. The van der Waals surface area contributed by atoms with E-state index < -0.39 is 0 Å². The molecular weight excluding hydrogens is 466 g/mol. The van der Waals surface area contributed by atoms with Crippen LogP contribution in [0.3, 0.4) is 0 Å². The Balaban J connectivity index is 1.15. The van der Waals surface area contributed by atoms with Crippen molar-refractivity contribution in [2.24, 2.45) is 5.92 Å². The third-order valence-corrected chi connectivity index (χ3v) is 9.32. The Morgan fingerprint density at radius 3 is 2.06 bits per heavy atom. The molecule has 0 radical (unpaired) electrons. The zero-order valence-corrected chi connectivity index (χ0v) is 21.7. The van der Waals surface area contributed by atoms with Crippen molar-refractivity contribution >= 4 is 45.1 Å². The molecule has 0 N–H and O–H groups in total. The molecule has 0 spiro atoms. The Hall–Kier alpha value is -2.57. The van der Waals surface area contributed by atoms with Crippen LogP contribution in [0.2, 0.25) is 0 Å². The first-order valence-electron chi connectivity index (χ1n) is 13.5. The van der Waals surface area contributed by atoms with Gasteiger partial charge in [-0.3, -0.25) is 14.5 Å². The Morgan fingerprint density at radius 2 is 1.39 bits per heavy atom. The lowest BCUT2D eigenvalue weighted by atomic mass is 9.92. The van der Waals surface area contributed by atoms with Gasteiger partial charge >= 0.3 is 0 Å². The fourth-order valence-corrected chi connectivity index (χ4v) is 7.32. The van der Waals surface area contributed by atoms with Crippen LogP contribution in [-0.2, 0) is 4.79 Å². The number of nitrogens with zero attached hydrogens (tertiary/aromatic N) is 3. The van der Waals surface area contributed by atoms with Crippen molar-refractivity contribution in [1.82, 2.24) is 14.7 Å². The van der Waals surface area contributed by atoms with Crippen LogP contribution in [0.4, 0.5) is 0 Å². The van der Waals surface area contributed by atoms with E-state index >= 15 is 0 Å². The van der Waals surface area contributed by atoms with Crippen LogP contribution >= 0.6 is 11.8 Å². The molecule has 1 unspecified atom stereocenters. The first-order valence-corrected chi connectivity index (χ1v) is 14.6. The molecule has 188 valence electrons. The number of amides is 2. The molecule has 0 aliphatic carbocycles. The SMILES string of the molecule is O=C(c1c2ccccc2cc2ccccc12)N1CCC(N2CCCC(C(=O)N3CCSCC3)C2)CC1. The van der Waals surface area contributed by atoms with Crippen molar-refractivity contribution in [3.8, 4) is 0 Å². The molecule has 3 aromatic rings. The van der Waals surface area contributed by atoms with Crippen LogP contribution in [0.1, 0.15) is 36.0 Å². The van der Waals surface area contributed by atoms with Gasteiger partial charge in [0, 0.05) is 50.3 Å². The van der Waals surface area contributed by atoms with Gasteiger partial charge in [-0.25, -0.2) is 0 Å². The molecule has 5 nitrogen and oxygen atoms in total. The average molecular weight is 502 g/mol. The summed E-state index contributed by atoms with van der Waals surface area (Å²) in [4.78, 5) is 33.7. The Morgan fingerprint density at radius 1 is 0.750 bits per heavy atom. The van der Waals surface area contributed by atoms with Crippen molar-refractivity contribution in [2.75, 3.05) is 50.8 Å². The van der Waals surface area contributed by atoms with Gasteiger partial charge in [-0.2, -0.15) is 11.8 Å². The molecule has 3 aliphatic heterocycles. The van der Waals surface area contributed by atoms with E-state index in [1.54, 1.807) is 0 Å². The Labute approximate surface area is 217 Å². The van der Waals surface area contributed by atoms with Gasteiger partial charge in [0.2, 0.25) is 5.91 Å². The third-order valence-electron chi connectivity index (χ3n) is 8.38. The number of fused-ring (bicyclic) bond motifs is 2. The van der Waals surface area contributed by atoms with E-state index in [-0.39, 0.29) is 11.8 Å². The summed E-state index contributed by atoms with van der Waals surface area (Å²) in [7, 11) is 0. The summed E-state index contributed by atoms with van der Waals surface area (Å²) >= 11 is 1.95. The van der Waals surface area contributed by atoms with Gasteiger partial charge in [0.25, 0.3) is 5.91 Å². The molecule has 1 atom stereocenters. The molecule has 36 heavy (non-hydrogen) atoms. The minimum absolute atomic E-state index is 0.142. The molecule has 3 saturated heterocycles. The van der Waals surface area contributed by atoms with Crippen LogP contribution in [0.5, 0.6) is 0 Å². The van der Waals surface area contributed by atoms with Gasteiger partial charge < -0.3 is 9.80 Å². The highest BCUT2D eigenvalue weighted by Gasteiger charge is 2.35. The summed E-state index contributed by atoms with van der Waals surface area (Å²) in [5, 5.41) is 4.31. The highest BCUT2D eigenvalue weighted by molar-refractivity contribution is 7.99. The zero-order chi connectivity index (χ0) is 24.5. The predicted octanol–water partition coefficient (Wildman–Crippen LogP) is 4.89. The quantitative estimate of drug-likeness (QED) is 0.480. The number of likely N-dealkylation sites (tertiary alicyclic amines) is 2. The van der Waals surface area contributed by atoms with Crippen LogP contribution in [-0.4, -0.2) is 83.3 Å². The lowest BCUT2D eigenvalue weighted by Crippen LogP contribution is -2.52. The van der Waals surface area contributed by atoms with E-state index in [4.69, 9.17) is 0 Å². The monoisotopic (exact) mass is 501 g/mol. The minimum Gasteiger partial charge on any atom is -0.341 e. The third kappa shape index (κ3) is 4.61. The standard InChI is InChI=1S/C30H35N3O2S/c34-29(32-16-18-36-19-17-32)24-8-5-13-33(21-24)25-11-14-31(15-12-25)30(35)28-26-9-3-1-6-22(26)20-23-7-2-4-10-27(23)28/h1-4,6-7,9-10,20,24-25H,5,8,11-19,21H2. The first kappa shape index (κ1) is 23.8. The molecular formula is C30H35N3O2S. The molecule has 3 fully saturated rings. The van der Waals surface area contributed by atoms with E-state index in [0.717, 1.165) is 104 Å². The maximum atomic E-state index is 13.9. The van der Waals surface area contributed by atoms with Crippen molar-refractivity contribution < 1.29 is 9.59 Å². The molecule has 3 aromatic carbocycles. The number of hydrogen-bond donors (Lipinski definition) is 0. The highest BCUT2D eigenvalue weighted by Crippen LogP contribution is 2.31. The predicted molar refractivity (Wildman–Crippen MR) is 149 cm³/mol. The topological polar surface area (TPSA) is 43.9 Å². The molecule has 0 aromatic heterocycles. The van der Waals surface area contributed by atoms with Gasteiger partial charge in [0.15, 0.2) is 0 Å². The number of benzene rings is 3. The average Bonchev–Trinajstić information content (AvgIpc) is 2.96. The summed E-state index contributed by atoms with van der Waals surface area (Å²) in [5.74, 6) is 2.80. The van der Waals surface area contributed by atoms with E-state index in [9.17, 15) is 9.59 Å². The van der Waals surface area contributed by atoms with Crippen molar-refractivity contribution in [3.05, 3.63) is 60.2 Å². The molecule has 2 amide bonds. The lowest BCUT2D eigenvalue weighted by molar-refractivity contribution is -0.137. The van der Waals surface area contributed by atoms with Crippen LogP contribution in [0, 0.1) is 5.92 Å². The van der Waals surface area contributed by atoms with Crippen LogP contribution in [0.25, 0.3) is 21.5 Å². The first-order chi connectivity index (χ1) is 17.7. The summed E-state index contributed by atoms with van der Waals surface area (Å²) in [5.41, 5.74) is 0.838. The van der Waals surface area contributed by atoms with Gasteiger partial charge in [-0.1, -0.05) is 48.5 Å². The fraction of sp³-hybridized carbons (Fsp3) is 0.467. The van der Waals surface area contributed by atoms with Gasteiger partial charge in [0.1, 0.15) is 0 Å². The minimum atomic E-state index is 0.142. The van der Waals surface area contributed by atoms with E-state index in [0.29, 0.717) is 11.9 Å². The molecule has 6 heteroatoms. The molecule has 0 bridgehead atoms. The van der Waals surface area contributed by atoms with Crippen LogP contribution < -0.4 is 0 Å². The maximum absolute atomic E-state index is 13.9. The van der Waals surface area contributed by atoms with Gasteiger partial charge in [0.05, 0.1) is 11.5 Å². The van der Waals surface area contributed by atoms with Gasteiger partial charge in [-0.05, 0) is 59.8 Å². The second-order valence-corrected chi connectivity index (χ2v) is 11.7. The summed E-state index contributed by atoms with van der Waals surface area (Å²) in [6.07, 6.45) is 4.08. The normalized spacial score (nSPS) is 22.3. The van der Waals surface area contributed by atoms with E-state index in [2.05, 4.69) is 45.0 Å². The molecule has 6 rings (SSSR count). The Kier molecular flexibility index (Phi) is 6.89. The van der Waals surface area contributed by atoms with Crippen molar-refractivity contribution in [3.63, 3.8) is 0 Å². The molecule has 3 aliphatic rings. The van der Waals surface area contributed by atoms with Crippen molar-refractivity contribution in [1.29, 1.82) is 0 Å². The number of rotatable bonds is 3. The Bertz CT molecular complexity index is 1210. The highest BCUT2D eigenvalue weighted by atomic mass is 32.2. The molecule has 0 saturated carbocycles. The number of hydrogen-bond acceptors (Lipinski definition) is 4. The van der Waals surface area contributed by atoms with Gasteiger partial charge in [-0.15, -0.1) is 0 Å². The summed E-state index contributed by atoms with van der Waals surface area (Å²) < 4.78 is 0. The zero-order valence-electron chi connectivity index (χ0n) is 20.9. The van der Waals surface area contributed by atoms with Crippen molar-refractivity contribution in [2.45, 2.75) is 31.7 Å². The van der Waals surface area contributed by atoms with Crippen LogP contribution in [0.15, 0.2) is 54.6 Å². The maximum Gasteiger partial charge on any atom is 0.255 e. The largest absolute Gasteiger partial charge is 0.341 e. The fourth-order valence-electron chi connectivity index (χ4n) is 6.42. The summed E-state index contributed by atoms with van der Waals surface area (Å²) in [6.45, 7) is 5.33. The number of thioether (sulfide) groups is 1. The number of piperidine rings is 2. The van der Waals surface area contributed by atoms with E-state index in [1.165, 1.54) is 0 Å². The number of carbonyl (C=O) groups excluding carboxylic acids is 2. The summed E-state index contributed by atoms with van der Waals surface area (Å²) in [6, 6.07) is 19.1. The smallest absolute Gasteiger partial charge is 0.255 e. The lowest BCUT2D eigenvalue weighted by Gasteiger charge is -2.43. The van der Waals surface area contributed by atoms with E-state index in [1.807, 2.05) is 36.0 Å². The number of carbonyl (C=O) groups is 2. The second-order valence-electron chi connectivity index (χ2n) is 10.5. The molecule has 3 heterocycles.